The Morgan fingerprint density at radius 3 is 2.69 bits per heavy atom. The summed E-state index contributed by atoms with van der Waals surface area (Å²) in [5.74, 6) is 0.576. The van der Waals surface area contributed by atoms with Gasteiger partial charge in [-0.05, 0) is 41.8 Å². The molecule has 12 heteroatoms. The largest absolute Gasteiger partial charge is 0.494 e. The van der Waals surface area contributed by atoms with Crippen LogP contribution in [0.25, 0.3) is 0 Å². The van der Waals surface area contributed by atoms with Gasteiger partial charge in [-0.25, -0.2) is 13.4 Å². The highest BCUT2D eigenvalue weighted by Gasteiger charge is 2.25. The topological polar surface area (TPSA) is 101 Å². The van der Waals surface area contributed by atoms with Gasteiger partial charge in [0.15, 0.2) is 0 Å². The van der Waals surface area contributed by atoms with Gasteiger partial charge in [-0.2, -0.15) is 4.37 Å². The van der Waals surface area contributed by atoms with E-state index in [-0.39, 0.29) is 15.9 Å². The van der Waals surface area contributed by atoms with Crippen molar-refractivity contribution in [1.29, 1.82) is 0 Å². The zero-order valence-electron chi connectivity index (χ0n) is 16.6. The van der Waals surface area contributed by atoms with E-state index in [0.717, 1.165) is 22.7 Å². The molecule has 1 aliphatic heterocycles. The van der Waals surface area contributed by atoms with Gasteiger partial charge in [0.2, 0.25) is 11.0 Å². The van der Waals surface area contributed by atoms with E-state index in [9.17, 15) is 13.2 Å². The maximum absolute atomic E-state index is 12.6. The predicted octanol–water partition coefficient (Wildman–Crippen LogP) is 4.35. The molecular formula is C20H18Cl2N4O4S2. The molecule has 1 aliphatic rings. The number of benzene rings is 2. The van der Waals surface area contributed by atoms with Gasteiger partial charge < -0.3 is 9.64 Å². The van der Waals surface area contributed by atoms with Crippen LogP contribution in [-0.4, -0.2) is 35.2 Å². The second-order valence-corrected chi connectivity index (χ2v) is 10.3. The van der Waals surface area contributed by atoms with Crippen LogP contribution in [0.1, 0.15) is 24.0 Å². The zero-order chi connectivity index (χ0) is 22.7. The summed E-state index contributed by atoms with van der Waals surface area (Å²) in [5, 5.41) is 1.06. The molecule has 3 aromatic rings. The first-order chi connectivity index (χ1) is 15.3. The van der Waals surface area contributed by atoms with Gasteiger partial charge in [-0.15, -0.1) is 0 Å². The molecule has 32 heavy (non-hydrogen) atoms. The molecule has 168 valence electrons. The Balaban J connectivity index is 1.30. The first kappa shape index (κ1) is 22.8. The molecule has 1 amide bonds. The summed E-state index contributed by atoms with van der Waals surface area (Å²) in [6.45, 7) is 1.18. The summed E-state index contributed by atoms with van der Waals surface area (Å²) in [7, 11) is -3.77. The molecule has 0 unspecified atom stereocenters. The number of sulfonamides is 1. The Morgan fingerprint density at radius 1 is 1.12 bits per heavy atom. The summed E-state index contributed by atoms with van der Waals surface area (Å²) in [5.41, 5.74) is 1.74. The van der Waals surface area contributed by atoms with Crippen molar-refractivity contribution in [3.05, 3.63) is 63.9 Å². The molecule has 0 atom stereocenters. The molecule has 2 aromatic carbocycles. The normalized spacial score (nSPS) is 13.1. The number of amides is 1. The number of ether oxygens (including phenoxy) is 1. The van der Waals surface area contributed by atoms with Crippen molar-refractivity contribution in [2.45, 2.75) is 30.8 Å². The summed E-state index contributed by atoms with van der Waals surface area (Å²) < 4.78 is 36.9. The number of carbonyl (C=O) groups is 1. The van der Waals surface area contributed by atoms with Crippen LogP contribution in [0.2, 0.25) is 10.0 Å². The fraction of sp³-hybridized carbons (Fsp3) is 0.250. The van der Waals surface area contributed by atoms with Crippen molar-refractivity contribution in [3.8, 4) is 5.75 Å². The van der Waals surface area contributed by atoms with Crippen LogP contribution in [0.4, 0.5) is 5.13 Å². The molecule has 8 nitrogen and oxygen atoms in total. The van der Waals surface area contributed by atoms with Crippen LogP contribution in [0, 0.1) is 0 Å². The summed E-state index contributed by atoms with van der Waals surface area (Å²) >= 11 is 12.8. The number of nitrogens with zero attached hydrogens (tertiary/aromatic N) is 3. The Kier molecular flexibility index (Phi) is 6.85. The lowest BCUT2D eigenvalue weighted by Crippen LogP contribution is -2.25. The average Bonchev–Trinajstić information content (AvgIpc) is 3.42. The monoisotopic (exact) mass is 512 g/mol. The Morgan fingerprint density at radius 2 is 1.94 bits per heavy atom. The van der Waals surface area contributed by atoms with Gasteiger partial charge in [0.1, 0.15) is 12.1 Å². The fourth-order valence-electron chi connectivity index (χ4n) is 3.24. The highest BCUT2D eigenvalue weighted by molar-refractivity contribution is 7.93. The van der Waals surface area contributed by atoms with E-state index in [4.69, 9.17) is 27.9 Å². The number of rotatable bonds is 8. The van der Waals surface area contributed by atoms with Gasteiger partial charge >= 0.3 is 0 Å². The minimum absolute atomic E-state index is 0.0182. The Labute approximate surface area is 199 Å². The van der Waals surface area contributed by atoms with Crippen LogP contribution in [0.3, 0.4) is 0 Å². The van der Waals surface area contributed by atoms with Gasteiger partial charge in [0.05, 0.1) is 21.5 Å². The Bertz CT molecular complexity index is 1240. The highest BCUT2D eigenvalue weighted by atomic mass is 35.5. The molecule has 2 heterocycles. The van der Waals surface area contributed by atoms with Crippen molar-refractivity contribution in [1.82, 2.24) is 14.3 Å². The smallest absolute Gasteiger partial charge is 0.263 e. The van der Waals surface area contributed by atoms with Gasteiger partial charge in [-0.3, -0.25) is 9.52 Å². The third-order valence-electron chi connectivity index (χ3n) is 4.84. The fourth-order valence-corrected chi connectivity index (χ4v) is 5.24. The van der Waals surface area contributed by atoms with Crippen LogP contribution in [0.5, 0.6) is 5.75 Å². The van der Waals surface area contributed by atoms with Crippen molar-refractivity contribution >= 4 is 55.8 Å². The number of halogens is 2. The van der Waals surface area contributed by atoms with Gasteiger partial charge in [-0.1, -0.05) is 29.3 Å². The van der Waals surface area contributed by atoms with E-state index in [1.807, 2.05) is 0 Å². The summed E-state index contributed by atoms with van der Waals surface area (Å²) in [4.78, 5) is 18.3. The molecule has 4 rings (SSSR count). The second kappa shape index (κ2) is 9.62. The molecule has 0 fully saturated rings. The van der Waals surface area contributed by atoms with Crippen molar-refractivity contribution in [2.24, 2.45) is 0 Å². The minimum atomic E-state index is -3.77. The molecule has 0 saturated heterocycles. The van der Waals surface area contributed by atoms with Crippen LogP contribution < -0.4 is 9.46 Å². The van der Waals surface area contributed by atoms with Crippen LogP contribution in [0.15, 0.2) is 47.6 Å². The number of fused-ring (bicyclic) bond motifs is 1. The van der Waals surface area contributed by atoms with Crippen molar-refractivity contribution in [2.75, 3.05) is 11.3 Å². The first-order valence-electron chi connectivity index (χ1n) is 9.59. The maximum atomic E-state index is 12.6. The van der Waals surface area contributed by atoms with Gasteiger partial charge in [0, 0.05) is 37.1 Å². The van der Waals surface area contributed by atoms with Crippen LogP contribution in [-0.2, 0) is 27.9 Å². The summed E-state index contributed by atoms with van der Waals surface area (Å²) in [6, 6.07) is 9.88. The lowest BCUT2D eigenvalue weighted by atomic mass is 10.1. The van der Waals surface area contributed by atoms with E-state index < -0.39 is 10.0 Å². The number of hydrogen-bond donors (Lipinski definition) is 1. The SMILES string of the molecule is O=C(CCCOc1ccc(Cl)c(Cl)c1)N1Cc2ccc(S(=O)(=O)Nc3ncns3)cc2C1. The molecule has 0 radical (unpaired) electrons. The van der Waals surface area contributed by atoms with E-state index >= 15 is 0 Å². The van der Waals surface area contributed by atoms with E-state index in [1.54, 1.807) is 35.2 Å². The van der Waals surface area contributed by atoms with Crippen molar-refractivity contribution in [3.63, 3.8) is 0 Å². The lowest BCUT2D eigenvalue weighted by molar-refractivity contribution is -0.132. The molecule has 0 saturated carbocycles. The molecule has 1 aromatic heterocycles. The molecule has 0 spiro atoms. The molecule has 0 aliphatic carbocycles. The summed E-state index contributed by atoms with van der Waals surface area (Å²) in [6.07, 6.45) is 2.14. The lowest BCUT2D eigenvalue weighted by Gasteiger charge is -2.15. The highest BCUT2D eigenvalue weighted by Crippen LogP contribution is 2.28. The quantitative estimate of drug-likeness (QED) is 0.450. The predicted molar refractivity (Wildman–Crippen MR) is 123 cm³/mol. The minimum Gasteiger partial charge on any atom is -0.494 e. The molecular weight excluding hydrogens is 495 g/mol. The maximum Gasteiger partial charge on any atom is 0.263 e. The molecule has 1 N–H and O–H groups in total. The zero-order valence-corrected chi connectivity index (χ0v) is 19.8. The standard InChI is InChI=1S/C20H18Cl2N4O4S2/c21-17-6-4-15(9-18(17)22)30-7-1-2-19(27)26-10-13-3-5-16(8-14(13)11-26)32(28,29)25-20-23-12-24-31-20/h3-6,8-9,12H,1-2,7,10-11H2,(H,23,24,25). The number of carbonyl (C=O) groups excluding carboxylic acids is 1. The second-order valence-electron chi connectivity index (χ2n) is 7.06. The molecule has 0 bridgehead atoms. The number of anilines is 1. The third kappa shape index (κ3) is 5.32. The number of hydrogen-bond acceptors (Lipinski definition) is 7. The number of aromatic nitrogens is 2. The first-order valence-corrected chi connectivity index (χ1v) is 12.6. The van der Waals surface area contributed by atoms with Crippen LogP contribution >= 0.6 is 34.7 Å². The van der Waals surface area contributed by atoms with E-state index in [1.165, 1.54) is 12.4 Å². The van der Waals surface area contributed by atoms with E-state index in [2.05, 4.69) is 14.1 Å². The van der Waals surface area contributed by atoms with Crippen molar-refractivity contribution < 1.29 is 17.9 Å². The van der Waals surface area contributed by atoms with E-state index in [0.29, 0.717) is 48.3 Å². The third-order valence-corrected chi connectivity index (χ3v) is 7.63. The average molecular weight is 513 g/mol. The Hall–Kier alpha value is -2.40. The van der Waals surface area contributed by atoms with Gasteiger partial charge in [0.25, 0.3) is 10.0 Å². The number of nitrogens with one attached hydrogen (secondary N) is 1.